The summed E-state index contributed by atoms with van der Waals surface area (Å²) in [5.74, 6) is 0.597. The SMILES string of the molecule is CCOC(=O)CC1CCC(c2ccc(NC(=O)c3cnc(Nc4ccccc4)o3)cc2)CC1. The third-order valence-corrected chi connectivity index (χ3v) is 6.00. The van der Waals surface area contributed by atoms with Gasteiger partial charge in [-0.1, -0.05) is 30.3 Å². The number of esters is 1. The summed E-state index contributed by atoms with van der Waals surface area (Å²) in [5.41, 5.74) is 2.79. The van der Waals surface area contributed by atoms with Crippen LogP contribution in [-0.4, -0.2) is 23.5 Å². The zero-order valence-electron chi connectivity index (χ0n) is 18.8. The standard InChI is InChI=1S/C26H29N3O4/c1-2-32-24(30)16-18-8-10-19(11-9-18)20-12-14-22(15-13-20)28-25(31)23-17-27-26(33-23)29-21-6-4-3-5-7-21/h3-7,12-15,17-19H,2,8-11,16H2,1H3,(H,27,29)(H,28,31). The second kappa shape index (κ2) is 10.8. The van der Waals surface area contributed by atoms with Gasteiger partial charge >= 0.3 is 5.97 Å². The summed E-state index contributed by atoms with van der Waals surface area (Å²) in [5, 5.41) is 5.88. The number of benzene rings is 2. The van der Waals surface area contributed by atoms with Crippen LogP contribution in [0.5, 0.6) is 0 Å². The molecule has 1 aliphatic rings. The van der Waals surface area contributed by atoms with Crippen LogP contribution in [0.1, 0.15) is 61.1 Å². The maximum absolute atomic E-state index is 12.5. The fourth-order valence-electron chi connectivity index (χ4n) is 4.27. The van der Waals surface area contributed by atoms with Crippen LogP contribution in [-0.2, 0) is 9.53 Å². The van der Waals surface area contributed by atoms with E-state index in [0.29, 0.717) is 30.6 Å². The molecule has 1 heterocycles. The minimum Gasteiger partial charge on any atom is -0.466 e. The number of anilines is 3. The Morgan fingerprint density at radius 3 is 2.42 bits per heavy atom. The zero-order valence-corrected chi connectivity index (χ0v) is 18.8. The summed E-state index contributed by atoms with van der Waals surface area (Å²) in [4.78, 5) is 28.3. The summed E-state index contributed by atoms with van der Waals surface area (Å²) in [6.45, 7) is 2.28. The van der Waals surface area contributed by atoms with E-state index in [1.54, 1.807) is 0 Å². The average molecular weight is 448 g/mol. The van der Waals surface area contributed by atoms with Crippen LogP contribution < -0.4 is 10.6 Å². The van der Waals surface area contributed by atoms with Crippen LogP contribution in [0, 0.1) is 5.92 Å². The lowest BCUT2D eigenvalue weighted by molar-refractivity contribution is -0.144. The topological polar surface area (TPSA) is 93.5 Å². The molecule has 0 atom stereocenters. The smallest absolute Gasteiger partial charge is 0.306 e. The van der Waals surface area contributed by atoms with E-state index >= 15 is 0 Å². The van der Waals surface area contributed by atoms with Gasteiger partial charge in [0.25, 0.3) is 11.9 Å². The van der Waals surface area contributed by atoms with E-state index in [1.165, 1.54) is 11.8 Å². The van der Waals surface area contributed by atoms with Gasteiger partial charge in [0.2, 0.25) is 5.76 Å². The molecule has 7 nitrogen and oxygen atoms in total. The molecule has 1 fully saturated rings. The molecule has 1 aromatic heterocycles. The van der Waals surface area contributed by atoms with Gasteiger partial charge in [0.15, 0.2) is 0 Å². The average Bonchev–Trinajstić information content (AvgIpc) is 3.30. The number of para-hydroxylation sites is 1. The van der Waals surface area contributed by atoms with Crippen molar-refractivity contribution in [3.05, 3.63) is 72.1 Å². The highest BCUT2D eigenvalue weighted by Crippen LogP contribution is 2.37. The number of oxazole rings is 1. The first kappa shape index (κ1) is 22.6. The number of nitrogens with one attached hydrogen (secondary N) is 2. The Kier molecular flexibility index (Phi) is 7.40. The van der Waals surface area contributed by atoms with Crippen molar-refractivity contribution in [1.82, 2.24) is 4.98 Å². The predicted molar refractivity (Wildman–Crippen MR) is 127 cm³/mol. The minimum absolute atomic E-state index is 0.0873. The van der Waals surface area contributed by atoms with Crippen LogP contribution in [0.25, 0.3) is 0 Å². The maximum Gasteiger partial charge on any atom is 0.306 e. The summed E-state index contributed by atoms with van der Waals surface area (Å²) in [6, 6.07) is 17.7. The zero-order chi connectivity index (χ0) is 23.0. The molecule has 172 valence electrons. The third kappa shape index (κ3) is 6.22. The number of ether oxygens (including phenoxy) is 1. The fraction of sp³-hybridized carbons (Fsp3) is 0.346. The molecule has 0 saturated heterocycles. The normalized spacial score (nSPS) is 17.8. The van der Waals surface area contributed by atoms with Crippen molar-refractivity contribution in [1.29, 1.82) is 0 Å². The Hall–Kier alpha value is -3.61. The number of hydrogen-bond donors (Lipinski definition) is 2. The Morgan fingerprint density at radius 1 is 1.00 bits per heavy atom. The number of nitrogens with zero attached hydrogens (tertiary/aromatic N) is 1. The summed E-state index contributed by atoms with van der Waals surface area (Å²) in [7, 11) is 0. The van der Waals surface area contributed by atoms with Gasteiger partial charge in [0, 0.05) is 17.8 Å². The molecule has 0 unspecified atom stereocenters. The molecule has 2 aromatic carbocycles. The molecule has 4 rings (SSSR count). The van der Waals surface area contributed by atoms with E-state index in [9.17, 15) is 9.59 Å². The number of hydrogen-bond acceptors (Lipinski definition) is 6. The van der Waals surface area contributed by atoms with Crippen molar-refractivity contribution in [3.63, 3.8) is 0 Å². The maximum atomic E-state index is 12.5. The lowest BCUT2D eigenvalue weighted by atomic mass is 9.77. The first-order chi connectivity index (χ1) is 16.1. The van der Waals surface area contributed by atoms with Gasteiger partial charge in [0.05, 0.1) is 12.8 Å². The van der Waals surface area contributed by atoms with Crippen LogP contribution >= 0.6 is 0 Å². The van der Waals surface area contributed by atoms with Crippen molar-refractivity contribution in [2.24, 2.45) is 5.92 Å². The number of aromatic nitrogens is 1. The van der Waals surface area contributed by atoms with Crippen molar-refractivity contribution >= 4 is 29.3 Å². The summed E-state index contributed by atoms with van der Waals surface area (Å²) >= 11 is 0. The van der Waals surface area contributed by atoms with Crippen molar-refractivity contribution in [2.45, 2.75) is 44.9 Å². The third-order valence-electron chi connectivity index (χ3n) is 6.00. The molecular weight excluding hydrogens is 418 g/mol. The molecule has 0 radical (unpaired) electrons. The van der Waals surface area contributed by atoms with E-state index in [-0.39, 0.29) is 23.7 Å². The quantitative estimate of drug-likeness (QED) is 0.418. The highest BCUT2D eigenvalue weighted by atomic mass is 16.5. The van der Waals surface area contributed by atoms with Crippen LogP contribution in [0.4, 0.5) is 17.4 Å². The number of carbonyl (C=O) groups is 2. The van der Waals surface area contributed by atoms with Crippen LogP contribution in [0.15, 0.2) is 65.2 Å². The molecule has 0 spiro atoms. The lowest BCUT2D eigenvalue weighted by Crippen LogP contribution is -2.18. The second-order valence-corrected chi connectivity index (χ2v) is 8.32. The molecule has 0 bridgehead atoms. The molecule has 33 heavy (non-hydrogen) atoms. The first-order valence-electron chi connectivity index (χ1n) is 11.5. The highest BCUT2D eigenvalue weighted by molar-refractivity contribution is 6.02. The largest absolute Gasteiger partial charge is 0.466 e. The van der Waals surface area contributed by atoms with Crippen LogP contribution in [0.3, 0.4) is 0 Å². The Balaban J connectivity index is 1.28. The Bertz CT molecular complexity index is 1050. The van der Waals surface area contributed by atoms with Gasteiger partial charge in [0.1, 0.15) is 0 Å². The van der Waals surface area contributed by atoms with Gasteiger partial charge in [-0.05, 0) is 74.3 Å². The molecule has 1 saturated carbocycles. The Morgan fingerprint density at radius 2 is 1.73 bits per heavy atom. The van der Waals surface area contributed by atoms with E-state index in [2.05, 4.69) is 27.8 Å². The van der Waals surface area contributed by atoms with Crippen molar-refractivity contribution in [2.75, 3.05) is 17.2 Å². The molecule has 3 aromatic rings. The highest BCUT2D eigenvalue weighted by Gasteiger charge is 2.24. The van der Waals surface area contributed by atoms with Crippen molar-refractivity contribution < 1.29 is 18.7 Å². The van der Waals surface area contributed by atoms with Gasteiger partial charge < -0.3 is 19.8 Å². The number of carbonyl (C=O) groups excluding carboxylic acids is 2. The van der Waals surface area contributed by atoms with Gasteiger partial charge in [-0.15, -0.1) is 0 Å². The van der Waals surface area contributed by atoms with Crippen LogP contribution in [0.2, 0.25) is 0 Å². The lowest BCUT2D eigenvalue weighted by Gasteiger charge is -2.28. The fourth-order valence-corrected chi connectivity index (χ4v) is 4.27. The minimum atomic E-state index is -0.351. The van der Waals surface area contributed by atoms with E-state index in [0.717, 1.165) is 31.4 Å². The molecule has 0 aliphatic heterocycles. The van der Waals surface area contributed by atoms with Gasteiger partial charge in [-0.25, -0.2) is 4.98 Å². The number of amides is 1. The number of rotatable bonds is 8. The van der Waals surface area contributed by atoms with E-state index < -0.39 is 0 Å². The van der Waals surface area contributed by atoms with Gasteiger partial charge in [-0.2, -0.15) is 0 Å². The molecule has 7 heteroatoms. The molecular formula is C26H29N3O4. The first-order valence-corrected chi connectivity index (χ1v) is 11.5. The monoisotopic (exact) mass is 447 g/mol. The van der Waals surface area contributed by atoms with E-state index in [4.69, 9.17) is 9.15 Å². The van der Waals surface area contributed by atoms with Gasteiger partial charge in [-0.3, -0.25) is 9.59 Å². The summed E-state index contributed by atoms with van der Waals surface area (Å²) < 4.78 is 10.6. The second-order valence-electron chi connectivity index (χ2n) is 8.32. The predicted octanol–water partition coefficient (Wildman–Crippen LogP) is 5.90. The molecule has 1 amide bonds. The van der Waals surface area contributed by atoms with Crippen molar-refractivity contribution in [3.8, 4) is 0 Å². The van der Waals surface area contributed by atoms with E-state index in [1.807, 2.05) is 49.4 Å². The summed E-state index contributed by atoms with van der Waals surface area (Å²) in [6.07, 6.45) is 6.12. The Labute approximate surface area is 193 Å². The molecule has 1 aliphatic carbocycles. The molecule has 2 N–H and O–H groups in total.